The summed E-state index contributed by atoms with van der Waals surface area (Å²) in [4.78, 5) is 1.40. The van der Waals surface area contributed by atoms with Crippen molar-refractivity contribution in [1.29, 1.82) is 0 Å². The molecular formula is C19H18NS+. The van der Waals surface area contributed by atoms with Crippen LogP contribution in [0.2, 0.25) is 0 Å². The fourth-order valence-corrected chi connectivity index (χ4v) is 4.78. The normalized spacial score (nSPS) is 20.4. The maximum Gasteiger partial charge on any atom is 0.228 e. The van der Waals surface area contributed by atoms with Crippen LogP contribution >= 0.6 is 11.3 Å². The van der Waals surface area contributed by atoms with Crippen LogP contribution in [-0.4, -0.2) is 0 Å². The van der Waals surface area contributed by atoms with Crippen LogP contribution in [0.4, 0.5) is 0 Å². The first-order valence-corrected chi connectivity index (χ1v) is 8.21. The van der Waals surface area contributed by atoms with Gasteiger partial charge in [0.05, 0.1) is 5.41 Å². The Labute approximate surface area is 129 Å². The lowest BCUT2D eigenvalue weighted by Gasteiger charge is -2.31. The van der Waals surface area contributed by atoms with Gasteiger partial charge in [-0.1, -0.05) is 25.1 Å². The molecule has 0 aliphatic carbocycles. The molecule has 1 aliphatic heterocycles. The van der Waals surface area contributed by atoms with Gasteiger partial charge in [-0.15, -0.1) is 11.3 Å². The van der Waals surface area contributed by atoms with Crippen molar-refractivity contribution in [3.63, 3.8) is 0 Å². The molecule has 4 rings (SSSR count). The van der Waals surface area contributed by atoms with E-state index in [0.717, 1.165) is 6.42 Å². The molecule has 1 unspecified atom stereocenters. The second-order valence-electron chi connectivity index (χ2n) is 5.89. The molecule has 3 heterocycles. The number of hydrogen-bond acceptors (Lipinski definition) is 1. The summed E-state index contributed by atoms with van der Waals surface area (Å²) < 4.78 is 3.63. The van der Waals surface area contributed by atoms with E-state index in [0.29, 0.717) is 0 Å². The van der Waals surface area contributed by atoms with Crippen molar-refractivity contribution in [2.24, 2.45) is 0 Å². The number of nitrogens with zero attached hydrogens (tertiary/aromatic N) is 1. The highest BCUT2D eigenvalue weighted by atomic mass is 32.1. The fraction of sp³-hybridized carbons (Fsp3) is 0.211. The molecule has 0 fully saturated rings. The zero-order valence-corrected chi connectivity index (χ0v) is 13.2. The summed E-state index contributed by atoms with van der Waals surface area (Å²) in [5.74, 6) is 0. The number of allylic oxidation sites excluding steroid dienone is 1. The largest absolute Gasteiger partial charge is 0.228 e. The Morgan fingerprint density at radius 1 is 1.14 bits per heavy atom. The van der Waals surface area contributed by atoms with Gasteiger partial charge in [0.1, 0.15) is 4.88 Å². The SMILES string of the molecule is C=C1[n+]2ccccc2-c2sc3ccccc3c2C1(C)CC. The zero-order valence-electron chi connectivity index (χ0n) is 12.4. The summed E-state index contributed by atoms with van der Waals surface area (Å²) in [6.07, 6.45) is 3.19. The molecule has 2 aromatic heterocycles. The standard InChI is InChI=1S/C19H18NS/c1-4-19(3)13(2)20-12-8-7-10-15(20)18-17(19)14-9-5-6-11-16(14)21-18/h5-12H,2,4H2,1,3H3/q+1. The monoisotopic (exact) mass is 292 g/mol. The van der Waals surface area contributed by atoms with Crippen LogP contribution in [0, 0.1) is 0 Å². The van der Waals surface area contributed by atoms with Gasteiger partial charge in [-0.05, 0) is 37.4 Å². The van der Waals surface area contributed by atoms with Crippen molar-refractivity contribution in [2.75, 3.05) is 0 Å². The smallest absolute Gasteiger partial charge is 0.163 e. The third kappa shape index (κ3) is 1.54. The van der Waals surface area contributed by atoms with Crippen molar-refractivity contribution < 1.29 is 4.57 Å². The number of fused-ring (bicyclic) bond motifs is 5. The number of thiophene rings is 1. The molecule has 104 valence electrons. The van der Waals surface area contributed by atoms with Crippen LogP contribution < -0.4 is 4.57 Å². The summed E-state index contributed by atoms with van der Waals surface area (Å²) in [7, 11) is 0. The van der Waals surface area contributed by atoms with Gasteiger partial charge < -0.3 is 0 Å². The molecule has 21 heavy (non-hydrogen) atoms. The Kier molecular flexibility index (Phi) is 2.61. The Morgan fingerprint density at radius 2 is 1.90 bits per heavy atom. The third-order valence-corrected chi connectivity index (χ3v) is 6.07. The minimum atomic E-state index is -0.00600. The average molecular weight is 292 g/mol. The molecule has 1 atom stereocenters. The number of pyridine rings is 1. The van der Waals surface area contributed by atoms with Crippen LogP contribution in [0.25, 0.3) is 26.4 Å². The van der Waals surface area contributed by atoms with Gasteiger partial charge in [0.25, 0.3) is 0 Å². The molecule has 1 aliphatic rings. The molecule has 3 aromatic rings. The van der Waals surface area contributed by atoms with Gasteiger partial charge in [0.15, 0.2) is 11.9 Å². The molecule has 2 heteroatoms. The topological polar surface area (TPSA) is 3.88 Å². The summed E-state index contributed by atoms with van der Waals surface area (Å²) in [6.45, 7) is 9.02. The maximum absolute atomic E-state index is 4.43. The van der Waals surface area contributed by atoms with Gasteiger partial charge in [0.2, 0.25) is 5.69 Å². The predicted molar refractivity (Wildman–Crippen MR) is 90.4 cm³/mol. The second kappa shape index (κ2) is 4.28. The summed E-state index contributed by atoms with van der Waals surface area (Å²) in [5.41, 5.74) is 3.90. The van der Waals surface area contributed by atoms with Crippen LogP contribution in [-0.2, 0) is 5.41 Å². The zero-order chi connectivity index (χ0) is 14.6. The molecule has 0 saturated carbocycles. The summed E-state index contributed by atoms with van der Waals surface area (Å²) >= 11 is 1.90. The van der Waals surface area contributed by atoms with Gasteiger partial charge >= 0.3 is 0 Å². The molecule has 1 nitrogen and oxygen atoms in total. The average Bonchev–Trinajstić information content (AvgIpc) is 2.93. The quantitative estimate of drug-likeness (QED) is 0.555. The summed E-state index contributed by atoms with van der Waals surface area (Å²) in [5, 5.41) is 1.39. The van der Waals surface area contributed by atoms with E-state index in [4.69, 9.17) is 0 Å². The number of hydrogen-bond donors (Lipinski definition) is 0. The number of aromatic nitrogens is 1. The van der Waals surface area contributed by atoms with E-state index in [2.05, 4.69) is 73.7 Å². The number of benzene rings is 1. The van der Waals surface area contributed by atoms with E-state index in [1.54, 1.807) is 0 Å². The Bertz CT molecular complexity index is 874. The lowest BCUT2D eigenvalue weighted by molar-refractivity contribution is -0.576. The molecule has 0 bridgehead atoms. The van der Waals surface area contributed by atoms with Crippen LogP contribution in [0.1, 0.15) is 25.8 Å². The van der Waals surface area contributed by atoms with Crippen molar-refractivity contribution in [2.45, 2.75) is 25.7 Å². The molecule has 1 aromatic carbocycles. The first-order valence-electron chi connectivity index (χ1n) is 7.39. The van der Waals surface area contributed by atoms with Crippen molar-refractivity contribution in [1.82, 2.24) is 0 Å². The molecule has 0 radical (unpaired) electrons. The van der Waals surface area contributed by atoms with E-state index >= 15 is 0 Å². The fourth-order valence-electron chi connectivity index (χ4n) is 3.43. The summed E-state index contributed by atoms with van der Waals surface area (Å²) in [6, 6.07) is 15.2. The Morgan fingerprint density at radius 3 is 2.71 bits per heavy atom. The van der Waals surface area contributed by atoms with Crippen molar-refractivity contribution in [3.8, 4) is 10.6 Å². The van der Waals surface area contributed by atoms with Crippen LogP contribution in [0.5, 0.6) is 0 Å². The van der Waals surface area contributed by atoms with E-state index in [9.17, 15) is 0 Å². The van der Waals surface area contributed by atoms with E-state index in [1.807, 2.05) is 11.3 Å². The van der Waals surface area contributed by atoms with Crippen LogP contribution in [0.3, 0.4) is 0 Å². The second-order valence-corrected chi connectivity index (χ2v) is 6.94. The molecular weight excluding hydrogens is 274 g/mol. The molecule has 0 saturated heterocycles. The maximum atomic E-state index is 4.43. The molecule has 0 N–H and O–H groups in total. The Hall–Kier alpha value is -1.93. The van der Waals surface area contributed by atoms with Gasteiger partial charge in [-0.25, -0.2) is 0 Å². The van der Waals surface area contributed by atoms with E-state index in [-0.39, 0.29) is 5.41 Å². The van der Waals surface area contributed by atoms with Crippen molar-refractivity contribution in [3.05, 3.63) is 60.8 Å². The molecule has 0 amide bonds. The predicted octanol–water partition coefficient (Wildman–Crippen LogP) is 5.01. The first kappa shape index (κ1) is 12.8. The highest BCUT2D eigenvalue weighted by Gasteiger charge is 2.45. The minimum Gasteiger partial charge on any atom is -0.163 e. The molecule has 0 spiro atoms. The minimum absolute atomic E-state index is 0.00600. The Balaban J connectivity index is 2.20. The van der Waals surface area contributed by atoms with Crippen molar-refractivity contribution >= 4 is 27.1 Å². The highest BCUT2D eigenvalue weighted by molar-refractivity contribution is 7.22. The lowest BCUT2D eigenvalue weighted by atomic mass is 9.73. The highest BCUT2D eigenvalue weighted by Crippen LogP contribution is 2.50. The first-order chi connectivity index (χ1) is 10.2. The van der Waals surface area contributed by atoms with Gasteiger partial charge in [0, 0.05) is 22.4 Å². The van der Waals surface area contributed by atoms with E-state index in [1.165, 1.54) is 31.9 Å². The third-order valence-electron chi connectivity index (χ3n) is 4.87. The lowest BCUT2D eigenvalue weighted by Crippen LogP contribution is -2.46. The van der Waals surface area contributed by atoms with E-state index < -0.39 is 0 Å². The van der Waals surface area contributed by atoms with Gasteiger partial charge in [-0.2, -0.15) is 4.57 Å². The number of rotatable bonds is 1. The van der Waals surface area contributed by atoms with Crippen LogP contribution in [0.15, 0.2) is 55.2 Å². The van der Waals surface area contributed by atoms with Gasteiger partial charge in [-0.3, -0.25) is 0 Å².